The molecule has 6 heteroatoms. The smallest absolute Gasteiger partial charge is 0.251 e. The van der Waals surface area contributed by atoms with Gasteiger partial charge in [-0.25, -0.2) is 9.97 Å². The van der Waals surface area contributed by atoms with Gasteiger partial charge in [-0.3, -0.25) is 4.79 Å². The minimum absolute atomic E-state index is 0.131. The summed E-state index contributed by atoms with van der Waals surface area (Å²) in [4.78, 5) is 23.0. The zero-order valence-corrected chi connectivity index (χ0v) is 12.5. The molecule has 0 unspecified atom stereocenters. The summed E-state index contributed by atoms with van der Waals surface area (Å²) >= 11 is 1.79. The van der Waals surface area contributed by atoms with E-state index in [1.165, 1.54) is 6.07 Å². The lowest BCUT2D eigenvalue weighted by Gasteiger charge is -2.06. The fraction of sp³-hybridized carbons (Fsp3) is 0.357. The number of nitrogens with one attached hydrogen (secondary N) is 2. The van der Waals surface area contributed by atoms with E-state index >= 15 is 0 Å². The molecule has 2 N–H and O–H groups in total. The van der Waals surface area contributed by atoms with Crippen LogP contribution in [0.15, 0.2) is 29.2 Å². The van der Waals surface area contributed by atoms with E-state index in [4.69, 9.17) is 0 Å². The first-order valence-corrected chi connectivity index (χ1v) is 7.91. The number of hydrogen-bond donors (Lipinski definition) is 2. The number of H-pyrrole nitrogens is 1. The largest absolute Gasteiger partial charge is 0.369 e. The van der Waals surface area contributed by atoms with Crippen LogP contribution in [0.3, 0.4) is 0 Å². The van der Waals surface area contributed by atoms with Crippen molar-refractivity contribution >= 4 is 17.6 Å². The lowest BCUT2D eigenvalue weighted by atomic mass is 10.2. The Morgan fingerprint density at radius 3 is 2.90 bits per heavy atom. The molecule has 0 bridgehead atoms. The molecule has 0 aliphatic carbocycles. The van der Waals surface area contributed by atoms with E-state index in [1.807, 2.05) is 19.1 Å². The predicted octanol–water partition coefficient (Wildman–Crippen LogP) is 2.17. The molecule has 0 atom stereocenters. The third kappa shape index (κ3) is 3.84. The van der Waals surface area contributed by atoms with Crippen LogP contribution in [0.5, 0.6) is 0 Å². The molecule has 0 saturated heterocycles. The van der Waals surface area contributed by atoms with Crippen molar-refractivity contribution in [1.29, 1.82) is 0 Å². The van der Waals surface area contributed by atoms with E-state index in [-0.39, 0.29) is 5.56 Å². The Labute approximate surface area is 122 Å². The molecule has 20 heavy (non-hydrogen) atoms. The summed E-state index contributed by atoms with van der Waals surface area (Å²) in [6.45, 7) is 2.86. The van der Waals surface area contributed by atoms with Gasteiger partial charge in [-0.1, -0.05) is 6.92 Å². The minimum atomic E-state index is -0.131. The Balaban J connectivity index is 2.17. The fourth-order valence-corrected chi connectivity index (χ4v) is 2.05. The number of aromatic nitrogens is 3. The van der Waals surface area contributed by atoms with Crippen molar-refractivity contribution in [3.05, 3.63) is 40.4 Å². The maximum Gasteiger partial charge on any atom is 0.251 e. The Morgan fingerprint density at radius 1 is 1.40 bits per heavy atom. The molecule has 0 aliphatic rings. The van der Waals surface area contributed by atoms with Gasteiger partial charge in [0.2, 0.25) is 0 Å². The van der Waals surface area contributed by atoms with Crippen molar-refractivity contribution in [3.8, 4) is 11.4 Å². The van der Waals surface area contributed by atoms with Crippen molar-refractivity contribution in [2.45, 2.75) is 13.3 Å². The minimum Gasteiger partial charge on any atom is -0.369 e. The number of rotatable bonds is 6. The van der Waals surface area contributed by atoms with Crippen LogP contribution in [0.2, 0.25) is 0 Å². The summed E-state index contributed by atoms with van der Waals surface area (Å²) in [5, 5.41) is 3.23. The maximum atomic E-state index is 11.6. The first-order chi connectivity index (χ1) is 9.72. The molecule has 2 aromatic rings. The predicted molar refractivity (Wildman–Crippen MR) is 84.3 cm³/mol. The molecular weight excluding hydrogens is 272 g/mol. The summed E-state index contributed by atoms with van der Waals surface area (Å²) < 4.78 is 0. The van der Waals surface area contributed by atoms with Gasteiger partial charge in [0.15, 0.2) is 0 Å². The summed E-state index contributed by atoms with van der Waals surface area (Å²) in [7, 11) is 0. The van der Waals surface area contributed by atoms with Crippen LogP contribution in [0, 0.1) is 0 Å². The number of aromatic amines is 1. The van der Waals surface area contributed by atoms with Crippen LogP contribution < -0.4 is 10.9 Å². The van der Waals surface area contributed by atoms with Crippen molar-refractivity contribution in [2.24, 2.45) is 0 Å². The number of thioether (sulfide) groups is 1. The van der Waals surface area contributed by atoms with Crippen LogP contribution in [0.25, 0.3) is 11.4 Å². The molecule has 0 aliphatic heterocycles. The monoisotopic (exact) mass is 290 g/mol. The average Bonchev–Trinajstić information content (AvgIpc) is 2.47. The Bertz CT molecular complexity index is 609. The molecule has 0 aromatic carbocycles. The van der Waals surface area contributed by atoms with Crippen LogP contribution in [0.4, 0.5) is 5.82 Å². The number of hydrogen-bond acceptors (Lipinski definition) is 5. The van der Waals surface area contributed by atoms with Crippen molar-refractivity contribution in [2.75, 3.05) is 23.9 Å². The number of aryl methyl sites for hydroxylation is 1. The standard InChI is InChI=1S/C14H18N4OS/c1-3-11-8-13(19)18-14(17-11)10-4-5-12(16-9-10)15-6-7-20-2/h4-5,8-9H,3,6-7H2,1-2H3,(H,15,16)(H,17,18,19). The van der Waals surface area contributed by atoms with Gasteiger partial charge in [0.1, 0.15) is 11.6 Å². The van der Waals surface area contributed by atoms with Crippen LogP contribution >= 0.6 is 11.8 Å². The molecule has 0 spiro atoms. The highest BCUT2D eigenvalue weighted by atomic mass is 32.2. The van der Waals surface area contributed by atoms with Gasteiger partial charge in [0.25, 0.3) is 5.56 Å². The van der Waals surface area contributed by atoms with Crippen molar-refractivity contribution in [3.63, 3.8) is 0 Å². The van der Waals surface area contributed by atoms with E-state index < -0.39 is 0 Å². The quantitative estimate of drug-likeness (QED) is 0.798. The lowest BCUT2D eigenvalue weighted by molar-refractivity contribution is 0.985. The Kier molecular flexibility index (Phi) is 5.17. The number of anilines is 1. The van der Waals surface area contributed by atoms with Crippen molar-refractivity contribution in [1.82, 2.24) is 15.0 Å². The zero-order valence-electron chi connectivity index (χ0n) is 11.6. The first-order valence-electron chi connectivity index (χ1n) is 6.52. The highest BCUT2D eigenvalue weighted by molar-refractivity contribution is 7.98. The van der Waals surface area contributed by atoms with E-state index in [9.17, 15) is 4.79 Å². The van der Waals surface area contributed by atoms with E-state index in [0.29, 0.717) is 5.82 Å². The lowest BCUT2D eigenvalue weighted by Crippen LogP contribution is -2.10. The molecule has 2 heterocycles. The van der Waals surface area contributed by atoms with Gasteiger partial charge in [-0.05, 0) is 24.8 Å². The second-order valence-corrected chi connectivity index (χ2v) is 5.28. The van der Waals surface area contributed by atoms with E-state index in [2.05, 4.69) is 26.5 Å². The summed E-state index contributed by atoms with van der Waals surface area (Å²) in [5.41, 5.74) is 1.47. The molecule has 106 valence electrons. The van der Waals surface area contributed by atoms with Crippen LogP contribution in [-0.2, 0) is 6.42 Å². The molecule has 0 fully saturated rings. The third-order valence-corrected chi connectivity index (χ3v) is 3.42. The summed E-state index contributed by atoms with van der Waals surface area (Å²) in [5.74, 6) is 2.44. The van der Waals surface area contributed by atoms with Gasteiger partial charge in [-0.15, -0.1) is 0 Å². The average molecular weight is 290 g/mol. The Morgan fingerprint density at radius 2 is 2.25 bits per heavy atom. The zero-order chi connectivity index (χ0) is 14.4. The molecule has 0 amide bonds. The summed E-state index contributed by atoms with van der Waals surface area (Å²) in [6, 6.07) is 5.33. The van der Waals surface area contributed by atoms with Crippen LogP contribution in [0.1, 0.15) is 12.6 Å². The second kappa shape index (κ2) is 7.09. The summed E-state index contributed by atoms with van der Waals surface area (Å²) in [6.07, 6.45) is 4.53. The van der Waals surface area contributed by atoms with Gasteiger partial charge in [0, 0.05) is 35.8 Å². The molecule has 2 rings (SSSR count). The normalized spacial score (nSPS) is 10.5. The third-order valence-electron chi connectivity index (χ3n) is 2.81. The van der Waals surface area contributed by atoms with Gasteiger partial charge < -0.3 is 10.3 Å². The highest BCUT2D eigenvalue weighted by Gasteiger charge is 2.04. The first kappa shape index (κ1) is 14.6. The molecule has 0 radical (unpaired) electrons. The molecule has 2 aromatic heterocycles. The van der Waals surface area contributed by atoms with Gasteiger partial charge in [0.05, 0.1) is 0 Å². The van der Waals surface area contributed by atoms with Crippen molar-refractivity contribution < 1.29 is 0 Å². The highest BCUT2D eigenvalue weighted by Crippen LogP contribution is 2.14. The fourth-order valence-electron chi connectivity index (χ4n) is 1.75. The van der Waals surface area contributed by atoms with Gasteiger partial charge >= 0.3 is 0 Å². The Hall–Kier alpha value is -1.82. The topological polar surface area (TPSA) is 70.7 Å². The number of pyridine rings is 1. The maximum absolute atomic E-state index is 11.6. The van der Waals surface area contributed by atoms with E-state index in [1.54, 1.807) is 18.0 Å². The van der Waals surface area contributed by atoms with Crippen LogP contribution in [-0.4, -0.2) is 33.5 Å². The van der Waals surface area contributed by atoms with Gasteiger partial charge in [-0.2, -0.15) is 11.8 Å². The molecular formula is C14H18N4OS. The molecule has 0 saturated carbocycles. The second-order valence-electron chi connectivity index (χ2n) is 4.29. The SMILES string of the molecule is CCc1cc(=O)[nH]c(-c2ccc(NCCSC)nc2)n1. The van der Waals surface area contributed by atoms with E-state index in [0.717, 1.165) is 35.8 Å². The molecule has 5 nitrogen and oxygen atoms in total. The number of nitrogens with zero attached hydrogens (tertiary/aromatic N) is 2.